The number of ether oxygens (including phenoxy) is 2. The van der Waals surface area contributed by atoms with Crippen molar-refractivity contribution < 1.29 is 9.47 Å². The lowest BCUT2D eigenvalue weighted by Crippen LogP contribution is -2.48. The zero-order valence-electron chi connectivity index (χ0n) is 13.0. The van der Waals surface area contributed by atoms with Gasteiger partial charge in [-0.1, -0.05) is 13.3 Å². The second-order valence-corrected chi connectivity index (χ2v) is 5.79. The Morgan fingerprint density at radius 3 is 2.32 bits per heavy atom. The molecule has 0 aromatic carbocycles. The Morgan fingerprint density at radius 1 is 1.16 bits per heavy atom. The van der Waals surface area contributed by atoms with Crippen LogP contribution in [-0.4, -0.2) is 65.1 Å². The first-order valence-corrected chi connectivity index (χ1v) is 7.67. The van der Waals surface area contributed by atoms with E-state index in [1.165, 1.54) is 38.8 Å². The zero-order chi connectivity index (χ0) is 14.0. The van der Waals surface area contributed by atoms with E-state index in [4.69, 9.17) is 9.47 Å². The third-order valence-corrected chi connectivity index (χ3v) is 4.12. The fourth-order valence-corrected chi connectivity index (χ4v) is 3.17. The molecule has 0 amide bonds. The van der Waals surface area contributed by atoms with Crippen molar-refractivity contribution in [2.45, 2.75) is 32.6 Å². The van der Waals surface area contributed by atoms with E-state index in [0.717, 1.165) is 32.8 Å². The molecule has 0 bridgehead atoms. The van der Waals surface area contributed by atoms with Gasteiger partial charge in [-0.05, 0) is 31.2 Å². The molecule has 4 nitrogen and oxygen atoms in total. The average molecular weight is 272 g/mol. The maximum absolute atomic E-state index is 5.24. The molecule has 1 aliphatic heterocycles. The minimum Gasteiger partial charge on any atom is -0.383 e. The van der Waals surface area contributed by atoms with Crippen molar-refractivity contribution in [3.63, 3.8) is 0 Å². The Hall–Kier alpha value is -0.160. The van der Waals surface area contributed by atoms with Gasteiger partial charge in [-0.3, -0.25) is 4.90 Å². The molecule has 1 saturated heterocycles. The van der Waals surface area contributed by atoms with Gasteiger partial charge in [0, 0.05) is 40.4 Å². The fourth-order valence-electron chi connectivity index (χ4n) is 3.17. The summed E-state index contributed by atoms with van der Waals surface area (Å²) >= 11 is 0. The van der Waals surface area contributed by atoms with Gasteiger partial charge in [-0.25, -0.2) is 0 Å². The van der Waals surface area contributed by atoms with Crippen LogP contribution in [0.2, 0.25) is 0 Å². The molecule has 114 valence electrons. The van der Waals surface area contributed by atoms with Crippen molar-refractivity contribution in [1.82, 2.24) is 10.2 Å². The number of methoxy groups -OCH3 is 2. The second-order valence-electron chi connectivity index (χ2n) is 5.79. The summed E-state index contributed by atoms with van der Waals surface area (Å²) in [6.07, 6.45) is 5.24. The SMILES string of the molecule is CCCC1(CN(CCOC)CCOC)CCCNC1. The highest BCUT2D eigenvalue weighted by atomic mass is 16.5. The molecule has 1 rings (SSSR count). The topological polar surface area (TPSA) is 33.7 Å². The molecular formula is C15H32N2O2. The third-order valence-electron chi connectivity index (χ3n) is 4.12. The van der Waals surface area contributed by atoms with E-state index in [0.29, 0.717) is 5.41 Å². The van der Waals surface area contributed by atoms with Gasteiger partial charge < -0.3 is 14.8 Å². The zero-order valence-corrected chi connectivity index (χ0v) is 13.0. The van der Waals surface area contributed by atoms with Gasteiger partial charge >= 0.3 is 0 Å². The smallest absolute Gasteiger partial charge is 0.0589 e. The molecule has 0 spiro atoms. The summed E-state index contributed by atoms with van der Waals surface area (Å²) in [6.45, 7) is 9.43. The van der Waals surface area contributed by atoms with Crippen LogP contribution in [0.15, 0.2) is 0 Å². The summed E-state index contributed by atoms with van der Waals surface area (Å²) in [7, 11) is 3.55. The first-order chi connectivity index (χ1) is 9.26. The van der Waals surface area contributed by atoms with E-state index in [1.807, 2.05) is 0 Å². The Kier molecular flexibility index (Phi) is 8.62. The molecule has 0 aromatic heterocycles. The molecule has 1 aliphatic rings. The molecule has 0 aliphatic carbocycles. The predicted octanol–water partition coefficient (Wildman–Crippen LogP) is 1.75. The molecule has 0 aromatic rings. The first-order valence-electron chi connectivity index (χ1n) is 7.67. The molecule has 4 heteroatoms. The normalized spacial score (nSPS) is 24.0. The highest BCUT2D eigenvalue weighted by Gasteiger charge is 2.32. The van der Waals surface area contributed by atoms with Crippen LogP contribution in [0.5, 0.6) is 0 Å². The van der Waals surface area contributed by atoms with Gasteiger partial charge in [-0.2, -0.15) is 0 Å². The Labute approximate surface area is 118 Å². The average Bonchev–Trinajstić information content (AvgIpc) is 2.43. The molecule has 1 N–H and O–H groups in total. The van der Waals surface area contributed by atoms with Crippen molar-refractivity contribution in [3.8, 4) is 0 Å². The highest BCUT2D eigenvalue weighted by Crippen LogP contribution is 2.32. The second kappa shape index (κ2) is 9.70. The summed E-state index contributed by atoms with van der Waals surface area (Å²) in [6, 6.07) is 0. The van der Waals surface area contributed by atoms with E-state index < -0.39 is 0 Å². The molecule has 0 saturated carbocycles. The van der Waals surface area contributed by atoms with Crippen LogP contribution >= 0.6 is 0 Å². The Morgan fingerprint density at radius 2 is 1.84 bits per heavy atom. The van der Waals surface area contributed by atoms with Crippen molar-refractivity contribution in [2.75, 3.05) is 60.2 Å². The van der Waals surface area contributed by atoms with Crippen LogP contribution in [0.4, 0.5) is 0 Å². The van der Waals surface area contributed by atoms with Crippen LogP contribution in [0.1, 0.15) is 32.6 Å². The van der Waals surface area contributed by atoms with Crippen LogP contribution in [-0.2, 0) is 9.47 Å². The predicted molar refractivity (Wildman–Crippen MR) is 79.6 cm³/mol. The van der Waals surface area contributed by atoms with E-state index >= 15 is 0 Å². The van der Waals surface area contributed by atoms with Gasteiger partial charge in [-0.15, -0.1) is 0 Å². The summed E-state index contributed by atoms with van der Waals surface area (Å²) < 4.78 is 10.5. The number of rotatable bonds is 10. The van der Waals surface area contributed by atoms with Crippen LogP contribution in [0, 0.1) is 5.41 Å². The van der Waals surface area contributed by atoms with Gasteiger partial charge in [0.2, 0.25) is 0 Å². The fraction of sp³-hybridized carbons (Fsp3) is 1.00. The number of piperidine rings is 1. The minimum atomic E-state index is 0.453. The molecule has 1 fully saturated rings. The van der Waals surface area contributed by atoms with Crippen molar-refractivity contribution in [1.29, 1.82) is 0 Å². The largest absolute Gasteiger partial charge is 0.383 e. The van der Waals surface area contributed by atoms with Crippen molar-refractivity contribution in [3.05, 3.63) is 0 Å². The van der Waals surface area contributed by atoms with Gasteiger partial charge in [0.25, 0.3) is 0 Å². The molecular weight excluding hydrogens is 240 g/mol. The highest BCUT2D eigenvalue weighted by molar-refractivity contribution is 4.88. The summed E-state index contributed by atoms with van der Waals surface area (Å²) in [5.74, 6) is 0. The van der Waals surface area contributed by atoms with Gasteiger partial charge in [0.15, 0.2) is 0 Å². The van der Waals surface area contributed by atoms with E-state index in [1.54, 1.807) is 14.2 Å². The minimum absolute atomic E-state index is 0.453. The molecule has 1 atom stereocenters. The first kappa shape index (κ1) is 16.9. The number of nitrogens with one attached hydrogen (secondary N) is 1. The Bertz CT molecular complexity index is 205. The van der Waals surface area contributed by atoms with Crippen molar-refractivity contribution in [2.24, 2.45) is 5.41 Å². The summed E-state index contributed by atoms with van der Waals surface area (Å²) in [4.78, 5) is 2.51. The molecule has 1 unspecified atom stereocenters. The Balaban J connectivity index is 2.54. The van der Waals surface area contributed by atoms with E-state index in [-0.39, 0.29) is 0 Å². The van der Waals surface area contributed by atoms with Gasteiger partial charge in [0.05, 0.1) is 13.2 Å². The standard InChI is InChI=1S/C15H32N2O2/c1-4-6-15(7-5-8-16-13-15)14-17(9-11-18-2)10-12-19-3/h16H,4-14H2,1-3H3. The maximum Gasteiger partial charge on any atom is 0.0589 e. The van der Waals surface area contributed by atoms with Crippen LogP contribution in [0.25, 0.3) is 0 Å². The monoisotopic (exact) mass is 272 g/mol. The van der Waals surface area contributed by atoms with E-state index in [2.05, 4.69) is 17.1 Å². The van der Waals surface area contributed by atoms with Crippen LogP contribution in [0.3, 0.4) is 0 Å². The third kappa shape index (κ3) is 6.21. The molecule has 1 heterocycles. The maximum atomic E-state index is 5.24. The molecule has 0 radical (unpaired) electrons. The lowest BCUT2D eigenvalue weighted by atomic mass is 9.76. The van der Waals surface area contributed by atoms with Gasteiger partial charge in [0.1, 0.15) is 0 Å². The number of nitrogens with zero attached hydrogens (tertiary/aromatic N) is 1. The molecule has 19 heavy (non-hydrogen) atoms. The van der Waals surface area contributed by atoms with E-state index in [9.17, 15) is 0 Å². The number of hydrogen-bond acceptors (Lipinski definition) is 4. The lowest BCUT2D eigenvalue weighted by Gasteiger charge is -2.41. The number of hydrogen-bond donors (Lipinski definition) is 1. The quantitative estimate of drug-likeness (QED) is 0.657. The van der Waals surface area contributed by atoms with Crippen molar-refractivity contribution >= 4 is 0 Å². The summed E-state index contributed by atoms with van der Waals surface area (Å²) in [5, 5.41) is 3.59. The summed E-state index contributed by atoms with van der Waals surface area (Å²) in [5.41, 5.74) is 0.453. The lowest BCUT2D eigenvalue weighted by molar-refractivity contribution is 0.0620. The van der Waals surface area contributed by atoms with Crippen LogP contribution < -0.4 is 5.32 Å².